The molecule has 0 amide bonds. The molecule has 0 saturated carbocycles. The molecule has 4 heterocycles. The summed E-state index contributed by atoms with van der Waals surface area (Å²) in [6.45, 7) is -0.403. The first-order valence-corrected chi connectivity index (χ1v) is 7.34. The molecule has 0 aromatic carbocycles. The van der Waals surface area contributed by atoms with Gasteiger partial charge in [0.2, 0.25) is 0 Å². The van der Waals surface area contributed by atoms with Crippen LogP contribution in [0.1, 0.15) is 6.23 Å². The Kier molecular flexibility index (Phi) is 3.46. The van der Waals surface area contributed by atoms with Crippen LogP contribution in [0.4, 0.5) is 5.82 Å². The van der Waals surface area contributed by atoms with Crippen molar-refractivity contribution < 1.29 is 20.1 Å². The van der Waals surface area contributed by atoms with E-state index in [1.807, 2.05) is 0 Å². The number of hydrogen-bond donors (Lipinski definition) is 5. The van der Waals surface area contributed by atoms with Gasteiger partial charge in [0.25, 0.3) is 0 Å². The number of nitrogens with one attached hydrogen (secondary N) is 1. The fourth-order valence-corrected chi connectivity index (χ4v) is 3.03. The zero-order valence-electron chi connectivity index (χ0n) is 12.4. The summed E-state index contributed by atoms with van der Waals surface area (Å²) in [6.07, 6.45) is 2.15. The van der Waals surface area contributed by atoms with Crippen molar-refractivity contribution in [2.24, 2.45) is 0 Å². The minimum absolute atomic E-state index is 0.279. The summed E-state index contributed by atoms with van der Waals surface area (Å²) in [5.74, 6) is 0.279. The lowest BCUT2D eigenvalue weighted by atomic mass is 10.1. The van der Waals surface area contributed by atoms with Gasteiger partial charge in [-0.15, -0.1) is 0 Å². The molecule has 6 N–H and O–H groups in total. The Bertz CT molecular complexity index is 864. The van der Waals surface area contributed by atoms with Crippen LogP contribution in [0.3, 0.4) is 0 Å². The van der Waals surface area contributed by atoms with Gasteiger partial charge in [0.15, 0.2) is 6.23 Å². The zero-order valence-corrected chi connectivity index (χ0v) is 12.4. The maximum atomic E-state index is 10.3. The molecule has 10 heteroatoms. The van der Waals surface area contributed by atoms with Crippen LogP contribution in [0.15, 0.2) is 24.9 Å². The van der Waals surface area contributed by atoms with E-state index in [0.29, 0.717) is 11.0 Å². The van der Waals surface area contributed by atoms with E-state index < -0.39 is 31.1 Å². The second-order valence-corrected chi connectivity index (χ2v) is 5.62. The molecule has 4 atom stereocenters. The second kappa shape index (κ2) is 5.53. The number of nitrogen functional groups attached to an aromatic ring is 1. The van der Waals surface area contributed by atoms with E-state index in [1.165, 1.54) is 6.33 Å². The van der Waals surface area contributed by atoms with Crippen LogP contribution in [0.2, 0.25) is 0 Å². The second-order valence-electron chi connectivity index (χ2n) is 5.62. The Hall–Kier alpha value is -2.53. The van der Waals surface area contributed by atoms with Crippen LogP contribution >= 0.6 is 0 Å². The van der Waals surface area contributed by atoms with Gasteiger partial charge >= 0.3 is 0 Å². The predicted molar refractivity (Wildman–Crippen MR) is 82.5 cm³/mol. The maximum absolute atomic E-state index is 10.3. The highest BCUT2D eigenvalue weighted by molar-refractivity contribution is 6.00. The highest BCUT2D eigenvalue weighted by atomic mass is 16.6. The first-order valence-electron chi connectivity index (χ1n) is 7.34. The topological polar surface area (TPSA) is 155 Å². The Balaban J connectivity index is 1.90. The van der Waals surface area contributed by atoms with Crippen LogP contribution in [-0.2, 0) is 4.74 Å². The third-order valence-corrected chi connectivity index (χ3v) is 4.24. The standard InChI is InChI=1S/C14H16N6O4/c15-12-9-7(6-1-18-19-2-6)3-20(13(9)17-5-16-12)14-11(23)10(22)8(4-21)24-14/h1-3,5,8,10-11,14,21-23H,4H2,(H,18,19)(H2,15,16,17). The van der Waals surface area contributed by atoms with Gasteiger partial charge in [0, 0.05) is 23.5 Å². The van der Waals surface area contributed by atoms with E-state index in [1.54, 1.807) is 23.2 Å². The van der Waals surface area contributed by atoms with Gasteiger partial charge < -0.3 is 30.4 Å². The van der Waals surface area contributed by atoms with E-state index in [0.717, 1.165) is 11.1 Å². The number of aromatic nitrogens is 5. The minimum atomic E-state index is -1.22. The van der Waals surface area contributed by atoms with Crippen LogP contribution < -0.4 is 5.73 Å². The van der Waals surface area contributed by atoms with Gasteiger partial charge in [-0.2, -0.15) is 5.10 Å². The molecule has 4 unspecified atom stereocenters. The summed E-state index contributed by atoms with van der Waals surface area (Å²) in [7, 11) is 0. The molecule has 3 aromatic heterocycles. The molecule has 1 aliphatic heterocycles. The first kappa shape index (κ1) is 15.0. The van der Waals surface area contributed by atoms with Crippen LogP contribution in [0.5, 0.6) is 0 Å². The summed E-state index contributed by atoms with van der Waals surface area (Å²) in [5, 5.41) is 36.8. The van der Waals surface area contributed by atoms with Crippen molar-refractivity contribution in [1.29, 1.82) is 0 Å². The van der Waals surface area contributed by atoms with Crippen LogP contribution in [0.25, 0.3) is 22.2 Å². The molecule has 4 rings (SSSR count). The van der Waals surface area contributed by atoms with Gasteiger partial charge in [-0.25, -0.2) is 9.97 Å². The first-order chi connectivity index (χ1) is 11.6. The molecule has 0 aliphatic carbocycles. The lowest BCUT2D eigenvalue weighted by molar-refractivity contribution is -0.0508. The molecule has 10 nitrogen and oxygen atoms in total. The SMILES string of the molecule is Nc1ncnc2c1c(-c1cn[nH]c1)cn2C1OC(CO)C(O)C1O. The average molecular weight is 332 g/mol. The monoisotopic (exact) mass is 332 g/mol. The van der Waals surface area contributed by atoms with Gasteiger partial charge in [0.1, 0.15) is 36.1 Å². The summed E-state index contributed by atoms with van der Waals surface area (Å²) < 4.78 is 7.17. The van der Waals surface area contributed by atoms with Crippen molar-refractivity contribution in [2.75, 3.05) is 12.3 Å². The van der Waals surface area contributed by atoms with Crippen molar-refractivity contribution in [2.45, 2.75) is 24.5 Å². The molecule has 1 fully saturated rings. The largest absolute Gasteiger partial charge is 0.394 e. The molecule has 0 spiro atoms. The molecule has 0 radical (unpaired) electrons. The van der Waals surface area contributed by atoms with E-state index in [2.05, 4.69) is 20.2 Å². The van der Waals surface area contributed by atoms with Crippen LogP contribution in [0, 0.1) is 0 Å². The number of aromatic amines is 1. The number of H-pyrrole nitrogens is 1. The normalized spacial score (nSPS) is 27.1. The van der Waals surface area contributed by atoms with Gasteiger partial charge in [-0.3, -0.25) is 5.10 Å². The summed E-state index contributed by atoms with van der Waals surface area (Å²) in [6, 6.07) is 0. The number of ether oxygens (including phenoxy) is 1. The molecule has 3 aromatic rings. The van der Waals surface area contributed by atoms with Crippen molar-refractivity contribution in [3.05, 3.63) is 24.9 Å². The molecule has 24 heavy (non-hydrogen) atoms. The number of aliphatic hydroxyl groups is 3. The Morgan fingerprint density at radius 1 is 1.29 bits per heavy atom. The van der Waals surface area contributed by atoms with E-state index in [9.17, 15) is 15.3 Å². The molecule has 1 aliphatic rings. The molecular weight excluding hydrogens is 316 g/mol. The molecular formula is C14H16N6O4. The average Bonchev–Trinajstić information content (AvgIpc) is 3.28. The number of hydrogen-bond acceptors (Lipinski definition) is 8. The van der Waals surface area contributed by atoms with Gasteiger partial charge in [-0.05, 0) is 0 Å². The Morgan fingerprint density at radius 3 is 2.79 bits per heavy atom. The lowest BCUT2D eigenvalue weighted by Crippen LogP contribution is -2.33. The van der Waals surface area contributed by atoms with Crippen molar-refractivity contribution >= 4 is 16.9 Å². The Morgan fingerprint density at radius 2 is 2.12 bits per heavy atom. The predicted octanol–water partition coefficient (Wildman–Crippen LogP) is -0.985. The lowest BCUT2D eigenvalue weighted by Gasteiger charge is -2.17. The molecule has 1 saturated heterocycles. The van der Waals surface area contributed by atoms with Crippen LogP contribution in [-0.4, -0.2) is 65.0 Å². The fraction of sp³-hybridized carbons (Fsp3) is 0.357. The van der Waals surface area contributed by atoms with Crippen molar-refractivity contribution in [3.63, 3.8) is 0 Å². The number of anilines is 1. The Labute approximate surface area is 135 Å². The number of nitrogens with two attached hydrogens (primary N) is 1. The van der Waals surface area contributed by atoms with Crippen molar-refractivity contribution in [3.8, 4) is 11.1 Å². The number of rotatable bonds is 3. The summed E-state index contributed by atoms with van der Waals surface area (Å²) in [5.41, 5.74) is 7.94. The quantitative estimate of drug-likeness (QED) is 0.409. The fourth-order valence-electron chi connectivity index (χ4n) is 3.03. The summed E-state index contributed by atoms with van der Waals surface area (Å²) in [4.78, 5) is 8.25. The number of fused-ring (bicyclic) bond motifs is 1. The number of aliphatic hydroxyl groups excluding tert-OH is 3. The third-order valence-electron chi connectivity index (χ3n) is 4.24. The smallest absolute Gasteiger partial charge is 0.164 e. The third kappa shape index (κ3) is 2.08. The summed E-state index contributed by atoms with van der Waals surface area (Å²) >= 11 is 0. The zero-order chi connectivity index (χ0) is 16.8. The molecule has 0 bridgehead atoms. The van der Waals surface area contributed by atoms with Crippen molar-refractivity contribution in [1.82, 2.24) is 24.7 Å². The minimum Gasteiger partial charge on any atom is -0.394 e. The van der Waals surface area contributed by atoms with Gasteiger partial charge in [-0.1, -0.05) is 0 Å². The van der Waals surface area contributed by atoms with E-state index >= 15 is 0 Å². The van der Waals surface area contributed by atoms with Gasteiger partial charge in [0.05, 0.1) is 18.2 Å². The van der Waals surface area contributed by atoms with E-state index in [4.69, 9.17) is 10.5 Å². The highest BCUT2D eigenvalue weighted by Gasteiger charge is 2.44. The maximum Gasteiger partial charge on any atom is 0.164 e. The number of nitrogens with zero attached hydrogens (tertiary/aromatic N) is 4. The molecule has 126 valence electrons. The van der Waals surface area contributed by atoms with E-state index in [-0.39, 0.29) is 5.82 Å². The highest BCUT2D eigenvalue weighted by Crippen LogP contribution is 2.37.